The van der Waals surface area contributed by atoms with Gasteiger partial charge in [0.1, 0.15) is 0 Å². The standard InChI is InChI=1S/C13H16O2.C12H22O2.C10H18O2.C7H12O2.C6H10O2/c1-5-15-12(14)10-6-8-11(9-7-10)13(2,3)4;1-5-7-8-9-10-12(3,4)11(13)14-6-2;1-4-7-8-9(5-2)10(11)12-6-3;1-5-9-6(8)7(2,3)4;1-3-5-6(7)8-4-2/h5-9H,1H2,2-4H3;6H,2,5,7-10H2,1,3-4H3;6,9H,3-5,7-8H2,1-2H3;5H,1H2,2-4H3;4H,2-3,5H2,1H3. The van der Waals surface area contributed by atoms with Gasteiger partial charge in [0.05, 0.1) is 53.6 Å². The maximum Gasteiger partial charge on any atom is 0.342 e. The summed E-state index contributed by atoms with van der Waals surface area (Å²) in [7, 11) is 0. The van der Waals surface area contributed by atoms with E-state index in [0.29, 0.717) is 12.0 Å². The first-order valence-electron chi connectivity index (χ1n) is 20.2. The Morgan fingerprint density at radius 2 is 1.07 bits per heavy atom. The third-order valence-corrected chi connectivity index (χ3v) is 7.98. The molecule has 0 fully saturated rings. The molecule has 0 spiro atoms. The highest BCUT2D eigenvalue weighted by Gasteiger charge is 2.28. The highest BCUT2D eigenvalue weighted by atomic mass is 16.5. The molecule has 0 N–H and O–H groups in total. The molecule has 1 aromatic carbocycles. The van der Waals surface area contributed by atoms with Crippen LogP contribution in [0.3, 0.4) is 0 Å². The summed E-state index contributed by atoms with van der Waals surface area (Å²) in [6, 6.07) is 7.43. The van der Waals surface area contributed by atoms with Gasteiger partial charge in [0.25, 0.3) is 0 Å². The number of esters is 5. The molecule has 1 unspecified atom stereocenters. The van der Waals surface area contributed by atoms with E-state index in [4.69, 9.17) is 9.47 Å². The molecule has 0 heterocycles. The van der Waals surface area contributed by atoms with E-state index in [1.54, 1.807) is 32.9 Å². The molecule has 0 saturated carbocycles. The van der Waals surface area contributed by atoms with Crippen LogP contribution in [-0.4, -0.2) is 29.8 Å². The minimum Gasteiger partial charge on any atom is -0.435 e. The Bertz CT molecular complexity index is 1340. The molecule has 0 saturated heterocycles. The maximum absolute atomic E-state index is 11.4. The molecule has 58 heavy (non-hydrogen) atoms. The molecule has 10 heteroatoms. The van der Waals surface area contributed by atoms with Crippen molar-refractivity contribution in [1.82, 2.24) is 0 Å². The molecule has 1 atom stereocenters. The Hall–Kier alpha value is -4.73. The molecule has 0 radical (unpaired) electrons. The lowest BCUT2D eigenvalue weighted by Crippen LogP contribution is -2.25. The van der Waals surface area contributed by atoms with Gasteiger partial charge in [-0.15, -0.1) is 0 Å². The van der Waals surface area contributed by atoms with E-state index in [1.165, 1.54) is 37.4 Å². The van der Waals surface area contributed by atoms with Crippen LogP contribution in [0.5, 0.6) is 0 Å². The van der Waals surface area contributed by atoms with Gasteiger partial charge in [-0.3, -0.25) is 19.2 Å². The van der Waals surface area contributed by atoms with Crippen LogP contribution in [0.25, 0.3) is 0 Å². The summed E-state index contributed by atoms with van der Waals surface area (Å²) >= 11 is 0. The fraction of sp³-hybridized carbons (Fsp3) is 0.562. The lowest BCUT2D eigenvalue weighted by molar-refractivity contribution is -0.148. The van der Waals surface area contributed by atoms with Crippen LogP contribution in [-0.2, 0) is 48.3 Å². The Labute approximate surface area is 352 Å². The smallest absolute Gasteiger partial charge is 0.342 e. The monoisotopic (exact) mass is 815 g/mol. The van der Waals surface area contributed by atoms with Crippen molar-refractivity contribution in [3.05, 3.63) is 99.6 Å². The van der Waals surface area contributed by atoms with E-state index >= 15 is 0 Å². The first kappa shape index (κ1) is 60.0. The lowest BCUT2D eigenvalue weighted by Gasteiger charge is -2.20. The molecular weight excluding hydrogens is 737 g/mol. The van der Waals surface area contributed by atoms with Gasteiger partial charge in [-0.05, 0) is 83.4 Å². The minimum absolute atomic E-state index is 0.0583. The number of benzene rings is 1. The van der Waals surface area contributed by atoms with Crippen LogP contribution >= 0.6 is 0 Å². The fourth-order valence-corrected chi connectivity index (χ4v) is 4.31. The van der Waals surface area contributed by atoms with E-state index < -0.39 is 5.41 Å². The molecule has 330 valence electrons. The third-order valence-electron chi connectivity index (χ3n) is 7.98. The van der Waals surface area contributed by atoms with Gasteiger partial charge in [0.15, 0.2) is 0 Å². The second-order valence-electron chi connectivity index (χ2n) is 15.7. The Morgan fingerprint density at radius 1 is 0.586 bits per heavy atom. The summed E-state index contributed by atoms with van der Waals surface area (Å²) in [5.41, 5.74) is 1.04. The second-order valence-corrected chi connectivity index (χ2v) is 15.7. The molecule has 0 aliphatic carbocycles. The first-order chi connectivity index (χ1) is 27.0. The quantitative estimate of drug-likeness (QED) is 0.0575. The van der Waals surface area contributed by atoms with Crippen LogP contribution < -0.4 is 0 Å². The van der Waals surface area contributed by atoms with Gasteiger partial charge in [-0.2, -0.15) is 0 Å². The second kappa shape index (κ2) is 35.4. The number of rotatable bonds is 19. The summed E-state index contributed by atoms with van der Waals surface area (Å²) in [6.45, 7) is 40.4. The van der Waals surface area contributed by atoms with E-state index in [-0.39, 0.29) is 46.6 Å². The zero-order valence-electron chi connectivity index (χ0n) is 38.2. The zero-order chi connectivity index (χ0) is 45.8. The molecule has 10 nitrogen and oxygen atoms in total. The highest BCUT2D eigenvalue weighted by Crippen LogP contribution is 2.26. The number of hydrogen-bond donors (Lipinski definition) is 0. The number of carbonyl (C=O) groups is 5. The van der Waals surface area contributed by atoms with Gasteiger partial charge < -0.3 is 23.7 Å². The van der Waals surface area contributed by atoms with Crippen molar-refractivity contribution in [3.8, 4) is 0 Å². The van der Waals surface area contributed by atoms with Crippen molar-refractivity contribution in [3.63, 3.8) is 0 Å². The Morgan fingerprint density at radius 3 is 1.45 bits per heavy atom. The molecule has 1 aromatic rings. The summed E-state index contributed by atoms with van der Waals surface area (Å²) in [5.74, 6) is -1.08. The highest BCUT2D eigenvalue weighted by molar-refractivity contribution is 5.89. The van der Waals surface area contributed by atoms with Crippen LogP contribution in [0.4, 0.5) is 0 Å². The molecule has 0 amide bonds. The zero-order valence-corrected chi connectivity index (χ0v) is 38.2. The van der Waals surface area contributed by atoms with E-state index in [2.05, 4.69) is 81.7 Å². The first-order valence-corrected chi connectivity index (χ1v) is 20.2. The Kier molecular flexibility index (Phi) is 36.6. The average molecular weight is 815 g/mol. The van der Waals surface area contributed by atoms with E-state index in [1.807, 2.05) is 39.8 Å². The van der Waals surface area contributed by atoms with Crippen LogP contribution in [0.1, 0.15) is 170 Å². The third kappa shape index (κ3) is 33.4. The largest absolute Gasteiger partial charge is 0.435 e. The van der Waals surface area contributed by atoms with Gasteiger partial charge in [-0.25, -0.2) is 4.79 Å². The molecule has 1 rings (SSSR count). The number of unbranched alkanes of at least 4 members (excludes halogenated alkanes) is 4. The Balaban J connectivity index is -0.000000320. The molecule has 0 bridgehead atoms. The summed E-state index contributed by atoms with van der Waals surface area (Å²) in [5, 5.41) is 0. The lowest BCUT2D eigenvalue weighted by atomic mass is 9.87. The summed E-state index contributed by atoms with van der Waals surface area (Å²) < 4.78 is 23.1. The van der Waals surface area contributed by atoms with Crippen molar-refractivity contribution in [1.29, 1.82) is 0 Å². The fourth-order valence-electron chi connectivity index (χ4n) is 4.31. The van der Waals surface area contributed by atoms with Gasteiger partial charge in [0, 0.05) is 6.42 Å². The van der Waals surface area contributed by atoms with Crippen LogP contribution in [0, 0.1) is 16.7 Å². The topological polar surface area (TPSA) is 132 Å². The average Bonchev–Trinajstić information content (AvgIpc) is 3.15. The molecule has 0 aliphatic rings. The van der Waals surface area contributed by atoms with Crippen LogP contribution in [0.15, 0.2) is 88.5 Å². The number of ether oxygens (including phenoxy) is 5. The van der Waals surface area contributed by atoms with Crippen molar-refractivity contribution in [2.45, 2.75) is 159 Å². The summed E-state index contributed by atoms with van der Waals surface area (Å²) in [6.07, 6.45) is 16.8. The van der Waals surface area contributed by atoms with Gasteiger partial charge in [0.2, 0.25) is 0 Å². The maximum atomic E-state index is 11.4. The number of hydrogen-bond acceptors (Lipinski definition) is 10. The van der Waals surface area contributed by atoms with Crippen molar-refractivity contribution < 1.29 is 47.7 Å². The molecule has 0 aromatic heterocycles. The predicted octanol–water partition coefficient (Wildman–Crippen LogP) is 13.0. The molecular formula is C48H78O10. The normalized spacial score (nSPS) is 10.8. The van der Waals surface area contributed by atoms with Crippen LogP contribution in [0.2, 0.25) is 0 Å². The van der Waals surface area contributed by atoms with E-state index in [0.717, 1.165) is 63.7 Å². The van der Waals surface area contributed by atoms with Crippen molar-refractivity contribution in [2.75, 3.05) is 0 Å². The van der Waals surface area contributed by atoms with Crippen molar-refractivity contribution >= 4 is 29.8 Å². The van der Waals surface area contributed by atoms with E-state index in [9.17, 15) is 24.0 Å². The minimum atomic E-state index is -0.422. The van der Waals surface area contributed by atoms with Crippen molar-refractivity contribution in [2.24, 2.45) is 16.7 Å². The predicted molar refractivity (Wildman–Crippen MR) is 236 cm³/mol. The number of carbonyl (C=O) groups excluding carboxylic acids is 5. The van der Waals surface area contributed by atoms with Gasteiger partial charge >= 0.3 is 29.8 Å². The SMILES string of the molecule is C=COC(=O)C(C)(C)C.C=COC(=O)C(C)(C)CCCCCC.C=COC(=O)C(CC)CCCC.C=COC(=O)CCC.C=COC(=O)c1ccc(C(C)(C)C)cc1. The van der Waals surface area contributed by atoms with Gasteiger partial charge in [-0.1, -0.05) is 132 Å². The molecule has 0 aliphatic heterocycles. The summed E-state index contributed by atoms with van der Waals surface area (Å²) in [4.78, 5) is 55.1.